The lowest BCUT2D eigenvalue weighted by Gasteiger charge is -2.12. The van der Waals surface area contributed by atoms with Crippen LogP contribution in [0.1, 0.15) is 41.4 Å². The maximum atomic E-state index is 12.9. The molecule has 1 amide bonds. The summed E-state index contributed by atoms with van der Waals surface area (Å²) in [6.07, 6.45) is 2.05. The van der Waals surface area contributed by atoms with E-state index in [-0.39, 0.29) is 5.91 Å². The van der Waals surface area contributed by atoms with Crippen molar-refractivity contribution in [2.45, 2.75) is 31.3 Å². The lowest BCUT2D eigenvalue weighted by Crippen LogP contribution is -2.16. The fourth-order valence-electron chi connectivity index (χ4n) is 3.27. The van der Waals surface area contributed by atoms with E-state index in [2.05, 4.69) is 17.3 Å². The fourth-order valence-corrected chi connectivity index (χ4v) is 4.72. The Hall–Kier alpha value is -2.64. The molecule has 3 aromatic rings. The molecule has 1 aromatic heterocycles. The second kappa shape index (κ2) is 9.02. The Bertz CT molecular complexity index is 1100. The highest BCUT2D eigenvalue weighted by atomic mass is 35.5. The number of carbonyl (C=O) groups is 1. The Kier molecular flexibility index (Phi) is 6.20. The minimum absolute atomic E-state index is 0.265. The van der Waals surface area contributed by atoms with E-state index in [0.717, 1.165) is 35.5 Å². The van der Waals surface area contributed by atoms with Crippen molar-refractivity contribution in [2.75, 3.05) is 11.9 Å². The van der Waals surface area contributed by atoms with Crippen molar-refractivity contribution >= 4 is 34.1 Å². The van der Waals surface area contributed by atoms with Crippen LogP contribution in [0, 0.1) is 0 Å². The van der Waals surface area contributed by atoms with Gasteiger partial charge in [0.1, 0.15) is 11.6 Å². The van der Waals surface area contributed by atoms with Crippen LogP contribution in [-0.2, 0) is 22.3 Å². The number of amides is 1. The van der Waals surface area contributed by atoms with Gasteiger partial charge in [0.15, 0.2) is 0 Å². The Morgan fingerprint density at radius 1 is 1.23 bits per heavy atom. The van der Waals surface area contributed by atoms with Crippen molar-refractivity contribution in [3.8, 4) is 11.4 Å². The van der Waals surface area contributed by atoms with Gasteiger partial charge in [-0.2, -0.15) is 5.10 Å². The maximum Gasteiger partial charge on any atom is 0.256 e. The standard InChI is InChI=1S/C22H22ClN3O3S/c1-2-3-11-29-18-9-7-15(8-10-18)22(27)24-21-19-13-30(28)14-20(19)25-26(21)17-6-4-5-16(23)12-17/h4-10,12H,2-3,11,13-14H2,1H3,(H,24,27)/t30-/m1/s1. The predicted octanol–water partition coefficient (Wildman–Crippen LogP) is 4.72. The number of hydrogen-bond acceptors (Lipinski definition) is 4. The molecule has 4 rings (SSSR count). The molecule has 156 valence electrons. The smallest absolute Gasteiger partial charge is 0.256 e. The van der Waals surface area contributed by atoms with Crippen molar-refractivity contribution in [3.63, 3.8) is 0 Å². The van der Waals surface area contributed by atoms with Crippen LogP contribution in [0.4, 0.5) is 5.82 Å². The normalized spacial score (nSPS) is 15.1. The van der Waals surface area contributed by atoms with E-state index in [4.69, 9.17) is 16.3 Å². The Labute approximate surface area is 182 Å². The summed E-state index contributed by atoms with van der Waals surface area (Å²) >= 11 is 6.14. The van der Waals surface area contributed by atoms with Crippen LogP contribution in [0.2, 0.25) is 5.02 Å². The van der Waals surface area contributed by atoms with Gasteiger partial charge in [-0.1, -0.05) is 31.0 Å². The summed E-state index contributed by atoms with van der Waals surface area (Å²) < 4.78 is 19.3. The molecule has 1 N–H and O–H groups in total. The van der Waals surface area contributed by atoms with Crippen LogP contribution in [0.5, 0.6) is 5.75 Å². The van der Waals surface area contributed by atoms with Crippen LogP contribution in [-0.4, -0.2) is 26.5 Å². The van der Waals surface area contributed by atoms with Gasteiger partial charge >= 0.3 is 0 Å². The number of halogens is 1. The van der Waals surface area contributed by atoms with Gasteiger partial charge in [0.2, 0.25) is 0 Å². The molecule has 6 nitrogen and oxygen atoms in total. The molecule has 0 aliphatic carbocycles. The number of nitrogens with one attached hydrogen (secondary N) is 1. The first kappa shape index (κ1) is 20.6. The molecule has 0 unspecified atom stereocenters. The summed E-state index contributed by atoms with van der Waals surface area (Å²) in [5, 5.41) is 8.12. The molecule has 0 bridgehead atoms. The molecule has 0 saturated carbocycles. The van der Waals surface area contributed by atoms with E-state index < -0.39 is 10.8 Å². The van der Waals surface area contributed by atoms with E-state index >= 15 is 0 Å². The zero-order valence-electron chi connectivity index (χ0n) is 16.6. The SMILES string of the molecule is CCCCOc1ccc(C(=O)Nc2c3c(nn2-c2cccc(Cl)c2)C[S@](=O)C3)cc1. The van der Waals surface area contributed by atoms with Crippen LogP contribution in [0.15, 0.2) is 48.5 Å². The molecule has 8 heteroatoms. The highest BCUT2D eigenvalue weighted by Gasteiger charge is 2.28. The molecule has 1 aliphatic rings. The van der Waals surface area contributed by atoms with Crippen molar-refractivity contribution in [1.29, 1.82) is 0 Å². The number of rotatable bonds is 7. The number of benzene rings is 2. The third kappa shape index (κ3) is 4.42. The minimum Gasteiger partial charge on any atom is -0.494 e. The molecule has 0 radical (unpaired) electrons. The molecule has 2 heterocycles. The number of hydrogen-bond donors (Lipinski definition) is 1. The van der Waals surface area contributed by atoms with E-state index in [9.17, 15) is 9.00 Å². The minimum atomic E-state index is -1.00. The number of ether oxygens (including phenoxy) is 1. The molecular formula is C22H22ClN3O3S. The number of fused-ring (bicyclic) bond motifs is 1. The van der Waals surface area contributed by atoms with E-state index in [1.54, 1.807) is 41.1 Å². The first-order valence-corrected chi connectivity index (χ1v) is 11.7. The Balaban J connectivity index is 1.59. The number of nitrogens with zero attached hydrogens (tertiary/aromatic N) is 2. The van der Waals surface area contributed by atoms with E-state index in [1.807, 2.05) is 12.1 Å². The van der Waals surface area contributed by atoms with Crippen molar-refractivity contribution in [2.24, 2.45) is 0 Å². The summed E-state index contributed by atoms with van der Waals surface area (Å²) in [5.74, 6) is 1.76. The molecule has 0 fully saturated rings. The summed E-state index contributed by atoms with van der Waals surface area (Å²) in [5.41, 5.74) is 2.78. The van der Waals surface area contributed by atoms with Gasteiger partial charge in [-0.3, -0.25) is 9.00 Å². The van der Waals surface area contributed by atoms with Crippen LogP contribution >= 0.6 is 11.6 Å². The Morgan fingerprint density at radius 2 is 2.03 bits per heavy atom. The van der Waals surface area contributed by atoms with Gasteiger partial charge in [-0.15, -0.1) is 0 Å². The molecular weight excluding hydrogens is 422 g/mol. The molecule has 1 atom stereocenters. The van der Waals surface area contributed by atoms with Gasteiger partial charge in [-0.25, -0.2) is 4.68 Å². The summed E-state index contributed by atoms with van der Waals surface area (Å²) in [4.78, 5) is 12.9. The average molecular weight is 444 g/mol. The van der Waals surface area contributed by atoms with Crippen LogP contribution < -0.4 is 10.1 Å². The quantitative estimate of drug-likeness (QED) is 0.536. The average Bonchev–Trinajstić information content (AvgIpc) is 3.25. The van der Waals surface area contributed by atoms with Gasteiger partial charge in [0.05, 0.1) is 29.5 Å². The number of aromatic nitrogens is 2. The second-order valence-corrected chi connectivity index (χ2v) is 8.97. The summed E-state index contributed by atoms with van der Waals surface area (Å²) in [6, 6.07) is 14.3. The number of carbonyl (C=O) groups excluding carboxylic acids is 1. The third-order valence-corrected chi connectivity index (χ3v) is 6.28. The second-order valence-electron chi connectivity index (χ2n) is 7.07. The lowest BCUT2D eigenvalue weighted by atomic mass is 10.2. The van der Waals surface area contributed by atoms with E-state index in [0.29, 0.717) is 34.5 Å². The molecule has 0 saturated heterocycles. The highest BCUT2D eigenvalue weighted by Crippen LogP contribution is 2.32. The molecule has 30 heavy (non-hydrogen) atoms. The Morgan fingerprint density at radius 3 is 2.77 bits per heavy atom. The topological polar surface area (TPSA) is 73.2 Å². The van der Waals surface area contributed by atoms with Crippen molar-refractivity contribution in [3.05, 3.63) is 70.4 Å². The van der Waals surface area contributed by atoms with Crippen LogP contribution in [0.25, 0.3) is 5.69 Å². The largest absolute Gasteiger partial charge is 0.494 e. The highest BCUT2D eigenvalue weighted by molar-refractivity contribution is 7.83. The van der Waals surface area contributed by atoms with Gasteiger partial charge in [-0.05, 0) is 48.9 Å². The van der Waals surface area contributed by atoms with Gasteiger partial charge in [0.25, 0.3) is 5.91 Å². The molecule has 2 aromatic carbocycles. The third-order valence-electron chi connectivity index (χ3n) is 4.84. The fraction of sp³-hybridized carbons (Fsp3) is 0.273. The van der Waals surface area contributed by atoms with Crippen LogP contribution in [0.3, 0.4) is 0 Å². The van der Waals surface area contributed by atoms with Gasteiger partial charge in [0, 0.05) is 26.9 Å². The zero-order valence-corrected chi connectivity index (χ0v) is 18.1. The lowest BCUT2D eigenvalue weighted by molar-refractivity contribution is 0.102. The number of unbranched alkanes of at least 4 members (excludes halogenated alkanes) is 1. The first-order valence-electron chi connectivity index (χ1n) is 9.81. The predicted molar refractivity (Wildman–Crippen MR) is 119 cm³/mol. The van der Waals surface area contributed by atoms with Crippen molar-refractivity contribution in [1.82, 2.24) is 9.78 Å². The van der Waals surface area contributed by atoms with E-state index in [1.165, 1.54) is 0 Å². The number of anilines is 1. The molecule has 1 aliphatic heterocycles. The first-order chi connectivity index (χ1) is 14.5. The monoisotopic (exact) mass is 443 g/mol. The molecule has 0 spiro atoms. The summed E-state index contributed by atoms with van der Waals surface area (Å²) in [6.45, 7) is 2.77. The van der Waals surface area contributed by atoms with Gasteiger partial charge < -0.3 is 10.1 Å². The maximum absolute atomic E-state index is 12.9. The zero-order chi connectivity index (χ0) is 21.1. The summed E-state index contributed by atoms with van der Waals surface area (Å²) in [7, 11) is -1.00. The van der Waals surface area contributed by atoms with Crippen molar-refractivity contribution < 1.29 is 13.7 Å².